The van der Waals surface area contributed by atoms with E-state index in [1.807, 2.05) is 0 Å². The van der Waals surface area contributed by atoms with Crippen LogP contribution < -0.4 is 11.0 Å². The number of nitrogens with one attached hydrogen (secondary N) is 1. The van der Waals surface area contributed by atoms with Gasteiger partial charge in [0.15, 0.2) is 17.6 Å². The molecule has 1 fully saturated rings. The average Bonchev–Trinajstić information content (AvgIpc) is 3.62. The highest BCUT2D eigenvalue weighted by Crippen LogP contribution is 2.50. The monoisotopic (exact) mass is 978 g/mol. The number of ether oxygens (including phenoxy) is 2. The van der Waals surface area contributed by atoms with E-state index in [-0.39, 0.29) is 37.0 Å². The summed E-state index contributed by atoms with van der Waals surface area (Å²) in [7, 11) is -4.08. The minimum atomic E-state index is -4.08. The minimum absolute atomic E-state index is 0.167. The number of nitrogens with zero attached hydrogens (tertiary/aromatic N) is 4. The lowest BCUT2D eigenvalue weighted by Gasteiger charge is -2.21. The van der Waals surface area contributed by atoms with Crippen molar-refractivity contribution in [1.29, 1.82) is 0 Å². The molecule has 2 aromatic heterocycles. The maximum Gasteiger partial charge on any atom is 0.474 e. The van der Waals surface area contributed by atoms with Crippen LogP contribution in [-0.4, -0.2) is 86.3 Å². The Labute approximate surface area is 407 Å². The summed E-state index contributed by atoms with van der Waals surface area (Å²) in [4.78, 5) is 51.4. The van der Waals surface area contributed by atoms with Gasteiger partial charge in [-0.1, -0.05) is 194 Å². The van der Waals surface area contributed by atoms with E-state index in [0.717, 1.165) is 62.4 Å². The van der Waals surface area contributed by atoms with Gasteiger partial charge in [-0.15, -0.1) is 0 Å². The molecule has 388 valence electrons. The van der Waals surface area contributed by atoms with Gasteiger partial charge in [0, 0.05) is 18.6 Å². The molecule has 3 N–H and O–H groups in total. The largest absolute Gasteiger partial charge is 0.474 e. The van der Waals surface area contributed by atoms with Crippen LogP contribution in [0.25, 0.3) is 0 Å². The smallest absolute Gasteiger partial charge is 0.461 e. The zero-order valence-electron chi connectivity index (χ0n) is 42.0. The number of amides is 1. The lowest BCUT2D eigenvalue weighted by molar-refractivity contribution is -0.0563. The van der Waals surface area contributed by atoms with Crippen molar-refractivity contribution < 1.29 is 47.4 Å². The van der Waals surface area contributed by atoms with E-state index in [2.05, 4.69) is 41.0 Å². The van der Waals surface area contributed by atoms with Crippen LogP contribution in [0.3, 0.4) is 0 Å². The van der Waals surface area contributed by atoms with Gasteiger partial charge in [0.05, 0.1) is 26.4 Å². The first-order valence-electron chi connectivity index (χ1n) is 26.6. The van der Waals surface area contributed by atoms with Crippen LogP contribution >= 0.6 is 7.82 Å². The number of aromatic nitrogens is 4. The Morgan fingerprint density at radius 1 is 0.618 bits per heavy atom. The summed E-state index contributed by atoms with van der Waals surface area (Å²) in [5.41, 5.74) is -1.49. The van der Waals surface area contributed by atoms with Gasteiger partial charge in [0.25, 0.3) is 5.91 Å². The third kappa shape index (κ3) is 24.1. The van der Waals surface area contributed by atoms with Gasteiger partial charge in [-0.2, -0.15) is 4.98 Å². The molecule has 16 nitrogen and oxygen atoms in total. The lowest BCUT2D eigenvalue weighted by Crippen LogP contribution is -2.36. The SMILES string of the molecule is CCCCCCCCCCCCOC(=O)c1nccnc1C(=O)Nc1ccn([C@@H]2O[C@H](COP(=O)(OCCCCCCCCCCCC)OCCCCCCCCCCCC)[C@@H](O)[C@@H]2O)c(=O)n1. The predicted octanol–water partition coefficient (Wildman–Crippen LogP) is 12.0. The van der Waals surface area contributed by atoms with Crippen LogP contribution in [0.2, 0.25) is 0 Å². The summed E-state index contributed by atoms with van der Waals surface area (Å²) in [5.74, 6) is -1.79. The molecule has 0 spiro atoms. The Balaban J connectivity index is 1.51. The molecule has 17 heteroatoms. The number of hydrogen-bond acceptors (Lipinski definition) is 14. The molecule has 1 saturated heterocycles. The molecule has 3 heterocycles. The quantitative estimate of drug-likeness (QED) is 0.0321. The van der Waals surface area contributed by atoms with Crippen LogP contribution in [0, 0.1) is 0 Å². The maximum absolute atomic E-state index is 13.9. The standard InChI is InChI=1S/C51H88N5O11P/c1-4-7-10-13-16-19-22-25-28-31-38-63-50(60)45-44(52-35-36-53-45)48(59)54-43-34-37-56(51(61)55-43)49-47(58)46(57)42(67-49)41-66-68(62,64-39-32-29-26-23-20-17-14-11-8-5-2)65-40-33-30-27-24-21-18-15-12-9-6-3/h34-37,42,46-47,49,57-58H,4-33,38-41H2,1-3H3,(H,54,55,59,61)/t42-,46-,47+,49-/m1/s1. The highest BCUT2D eigenvalue weighted by atomic mass is 31.2. The van der Waals surface area contributed by atoms with E-state index in [1.165, 1.54) is 140 Å². The van der Waals surface area contributed by atoms with Gasteiger partial charge >= 0.3 is 19.5 Å². The summed E-state index contributed by atoms with van der Waals surface area (Å²) in [6, 6.07) is 1.29. The predicted molar refractivity (Wildman–Crippen MR) is 266 cm³/mol. The van der Waals surface area contributed by atoms with E-state index < -0.39 is 56.5 Å². The van der Waals surface area contributed by atoms with E-state index in [4.69, 9.17) is 23.0 Å². The molecular weight excluding hydrogens is 890 g/mol. The number of esters is 1. The van der Waals surface area contributed by atoms with E-state index in [0.29, 0.717) is 19.3 Å². The van der Waals surface area contributed by atoms with Gasteiger partial charge in [0.2, 0.25) is 0 Å². The average molecular weight is 978 g/mol. The van der Waals surface area contributed by atoms with Crippen molar-refractivity contribution in [3.63, 3.8) is 0 Å². The summed E-state index contributed by atoms with van der Waals surface area (Å²) in [5, 5.41) is 24.4. The number of phosphoric ester groups is 1. The summed E-state index contributed by atoms with van der Waals surface area (Å²) in [6.07, 6.45) is 32.2. The first-order valence-corrected chi connectivity index (χ1v) is 28.0. The van der Waals surface area contributed by atoms with Crippen LogP contribution in [0.15, 0.2) is 29.5 Å². The second-order valence-electron chi connectivity index (χ2n) is 18.3. The van der Waals surface area contributed by atoms with Crippen LogP contribution in [0.5, 0.6) is 0 Å². The van der Waals surface area contributed by atoms with Gasteiger partial charge in [-0.3, -0.25) is 22.9 Å². The molecule has 0 aliphatic carbocycles. The zero-order chi connectivity index (χ0) is 49.1. The topological polar surface area (TPSA) is 211 Å². The highest BCUT2D eigenvalue weighted by molar-refractivity contribution is 7.48. The third-order valence-corrected chi connectivity index (χ3v) is 13.9. The van der Waals surface area contributed by atoms with Crippen molar-refractivity contribution in [2.45, 2.75) is 238 Å². The highest BCUT2D eigenvalue weighted by Gasteiger charge is 2.45. The molecule has 4 atom stereocenters. The van der Waals surface area contributed by atoms with Crippen molar-refractivity contribution in [1.82, 2.24) is 19.5 Å². The first-order chi connectivity index (χ1) is 33.1. The molecule has 1 aliphatic heterocycles. The number of carbonyl (C=O) groups excluding carboxylic acids is 2. The molecule has 1 aliphatic rings. The first kappa shape index (κ1) is 59.2. The molecule has 0 radical (unpaired) electrons. The number of phosphoric acid groups is 1. The fourth-order valence-electron chi connectivity index (χ4n) is 8.23. The van der Waals surface area contributed by atoms with Gasteiger partial charge in [-0.05, 0) is 25.3 Å². The molecule has 1 amide bonds. The Hall–Kier alpha value is -3.11. The Bertz CT molecular complexity index is 1720. The normalized spacial score (nSPS) is 17.2. The fraction of sp³-hybridized carbons (Fsp3) is 0.804. The molecule has 68 heavy (non-hydrogen) atoms. The molecule has 0 aromatic carbocycles. The summed E-state index contributed by atoms with van der Waals surface area (Å²) < 4.78 is 43.4. The summed E-state index contributed by atoms with van der Waals surface area (Å²) >= 11 is 0. The van der Waals surface area contributed by atoms with Gasteiger partial charge in [-0.25, -0.2) is 24.1 Å². The Morgan fingerprint density at radius 2 is 1.04 bits per heavy atom. The number of rotatable bonds is 42. The molecule has 0 saturated carbocycles. The second-order valence-corrected chi connectivity index (χ2v) is 20.0. The fourth-order valence-corrected chi connectivity index (χ4v) is 9.49. The maximum atomic E-state index is 13.9. The van der Waals surface area contributed by atoms with Gasteiger partial charge < -0.3 is 25.0 Å². The minimum Gasteiger partial charge on any atom is -0.461 e. The van der Waals surface area contributed by atoms with Crippen molar-refractivity contribution in [2.75, 3.05) is 31.7 Å². The van der Waals surface area contributed by atoms with E-state index in [9.17, 15) is 29.2 Å². The van der Waals surface area contributed by atoms with Crippen LogP contribution in [0.1, 0.15) is 241 Å². The number of aliphatic hydroxyl groups excluding tert-OH is 2. The van der Waals surface area contributed by atoms with Crippen molar-refractivity contribution in [2.24, 2.45) is 0 Å². The second kappa shape index (κ2) is 36.8. The van der Waals surface area contributed by atoms with E-state index >= 15 is 0 Å². The van der Waals surface area contributed by atoms with Crippen molar-refractivity contribution in [3.05, 3.63) is 46.5 Å². The van der Waals surface area contributed by atoms with Crippen LogP contribution in [-0.2, 0) is 27.6 Å². The number of anilines is 1. The summed E-state index contributed by atoms with van der Waals surface area (Å²) in [6.45, 7) is 6.74. The lowest BCUT2D eigenvalue weighted by atomic mass is 10.1. The Morgan fingerprint density at radius 3 is 1.50 bits per heavy atom. The number of aliphatic hydroxyl groups is 2. The molecule has 3 rings (SSSR count). The molecule has 0 bridgehead atoms. The van der Waals surface area contributed by atoms with Crippen molar-refractivity contribution in [3.8, 4) is 0 Å². The molecular formula is C51H88N5O11P. The van der Waals surface area contributed by atoms with Gasteiger partial charge in [0.1, 0.15) is 24.1 Å². The molecule has 0 unspecified atom stereocenters. The third-order valence-electron chi connectivity index (χ3n) is 12.4. The van der Waals surface area contributed by atoms with Crippen LogP contribution in [0.4, 0.5) is 5.82 Å². The zero-order valence-corrected chi connectivity index (χ0v) is 42.9. The van der Waals surface area contributed by atoms with E-state index in [1.54, 1.807) is 0 Å². The molecule has 2 aromatic rings. The Kier molecular flexibility index (Phi) is 32.0. The number of unbranched alkanes of at least 4 members (excludes halogenated alkanes) is 27. The number of carbonyl (C=O) groups is 2. The van der Waals surface area contributed by atoms with Crippen molar-refractivity contribution >= 4 is 25.5 Å². The number of hydrogen-bond donors (Lipinski definition) is 3.